The van der Waals surface area contributed by atoms with Crippen molar-refractivity contribution >= 4 is 27.3 Å². The molecule has 0 radical (unpaired) electrons. The number of nitrogens with zero attached hydrogens (tertiary/aromatic N) is 2. The van der Waals surface area contributed by atoms with Crippen LogP contribution in [0.25, 0.3) is 0 Å². The van der Waals surface area contributed by atoms with Crippen LogP contribution >= 0.6 is 0 Å². The highest BCUT2D eigenvalue weighted by Crippen LogP contribution is 2.17. The fraction of sp³-hybridized carbons (Fsp3) is 0.0952. The number of rotatable bonds is 6. The van der Waals surface area contributed by atoms with E-state index in [4.69, 9.17) is 0 Å². The molecule has 8 heteroatoms. The number of carbonyl (C=O) groups is 1. The fourth-order valence-electron chi connectivity index (χ4n) is 2.48. The average Bonchev–Trinajstić information content (AvgIpc) is 2.73. The summed E-state index contributed by atoms with van der Waals surface area (Å²) in [6.07, 6.45) is 3.06. The quantitative estimate of drug-likeness (QED) is 0.482. The van der Waals surface area contributed by atoms with Crippen molar-refractivity contribution in [1.82, 2.24) is 10.4 Å². The van der Waals surface area contributed by atoms with Crippen LogP contribution in [0.5, 0.6) is 0 Å². The van der Waals surface area contributed by atoms with Crippen LogP contribution in [0.1, 0.15) is 28.4 Å². The van der Waals surface area contributed by atoms with Crippen molar-refractivity contribution in [3.05, 3.63) is 89.7 Å². The maximum absolute atomic E-state index is 12.5. The van der Waals surface area contributed by atoms with E-state index in [0.29, 0.717) is 17.0 Å². The molecule has 1 heterocycles. The van der Waals surface area contributed by atoms with Gasteiger partial charge in [0.25, 0.3) is 15.9 Å². The Morgan fingerprint density at radius 1 is 0.897 bits per heavy atom. The SMILES string of the molecule is C/C(=N\NC(=O)c1ccncc1)c1ccc(NS(=O)(=O)c2ccc(C)cc2)cc1. The van der Waals surface area contributed by atoms with Gasteiger partial charge < -0.3 is 0 Å². The third-order valence-electron chi connectivity index (χ3n) is 4.15. The Labute approximate surface area is 169 Å². The van der Waals surface area contributed by atoms with Crippen molar-refractivity contribution in [2.24, 2.45) is 5.10 Å². The molecule has 0 unspecified atom stereocenters. The van der Waals surface area contributed by atoms with Crippen molar-refractivity contribution in [3.63, 3.8) is 0 Å². The van der Waals surface area contributed by atoms with Gasteiger partial charge in [0.15, 0.2) is 0 Å². The van der Waals surface area contributed by atoms with Gasteiger partial charge in [0.05, 0.1) is 10.6 Å². The molecule has 0 saturated heterocycles. The van der Waals surface area contributed by atoms with Gasteiger partial charge in [-0.2, -0.15) is 5.10 Å². The molecule has 2 N–H and O–H groups in total. The van der Waals surface area contributed by atoms with E-state index in [1.165, 1.54) is 12.4 Å². The van der Waals surface area contributed by atoms with E-state index in [1.807, 2.05) is 6.92 Å². The summed E-state index contributed by atoms with van der Waals surface area (Å²) < 4.78 is 27.5. The number of hydrogen-bond donors (Lipinski definition) is 2. The molecule has 29 heavy (non-hydrogen) atoms. The first-order valence-corrected chi connectivity index (χ1v) is 10.3. The monoisotopic (exact) mass is 408 g/mol. The predicted octanol–water partition coefficient (Wildman–Crippen LogP) is 3.34. The maximum Gasteiger partial charge on any atom is 0.271 e. The first kappa shape index (κ1) is 20.2. The second-order valence-electron chi connectivity index (χ2n) is 6.37. The van der Waals surface area contributed by atoms with Crippen LogP contribution in [0, 0.1) is 6.92 Å². The van der Waals surface area contributed by atoms with Gasteiger partial charge in [-0.25, -0.2) is 13.8 Å². The summed E-state index contributed by atoms with van der Waals surface area (Å²) in [4.78, 5) is 16.1. The van der Waals surface area contributed by atoms with Gasteiger partial charge in [0.1, 0.15) is 0 Å². The van der Waals surface area contributed by atoms with E-state index in [2.05, 4.69) is 20.2 Å². The normalized spacial score (nSPS) is 11.7. The average molecular weight is 408 g/mol. The predicted molar refractivity (Wildman–Crippen MR) is 112 cm³/mol. The number of hydrazone groups is 1. The summed E-state index contributed by atoms with van der Waals surface area (Å²) in [5, 5.41) is 4.09. The largest absolute Gasteiger partial charge is 0.280 e. The summed E-state index contributed by atoms with van der Waals surface area (Å²) >= 11 is 0. The zero-order valence-electron chi connectivity index (χ0n) is 16.0. The number of aryl methyl sites for hydroxylation is 1. The van der Waals surface area contributed by atoms with Crippen LogP contribution in [0.15, 0.2) is 83.1 Å². The minimum atomic E-state index is -3.66. The molecule has 3 aromatic rings. The van der Waals surface area contributed by atoms with Gasteiger partial charge in [-0.3, -0.25) is 14.5 Å². The minimum Gasteiger partial charge on any atom is -0.280 e. The van der Waals surface area contributed by atoms with Crippen molar-refractivity contribution < 1.29 is 13.2 Å². The Morgan fingerprint density at radius 3 is 2.14 bits per heavy atom. The number of sulfonamides is 1. The first-order valence-electron chi connectivity index (χ1n) is 8.80. The van der Waals surface area contributed by atoms with Crippen LogP contribution in [-0.2, 0) is 10.0 Å². The lowest BCUT2D eigenvalue weighted by atomic mass is 10.1. The van der Waals surface area contributed by atoms with E-state index in [1.54, 1.807) is 67.6 Å². The van der Waals surface area contributed by atoms with E-state index in [-0.39, 0.29) is 10.8 Å². The highest BCUT2D eigenvalue weighted by molar-refractivity contribution is 7.92. The molecule has 0 bridgehead atoms. The Kier molecular flexibility index (Phi) is 6.04. The molecule has 148 valence electrons. The molecule has 0 aliphatic rings. The van der Waals surface area contributed by atoms with Crippen LogP contribution in [0.2, 0.25) is 0 Å². The highest BCUT2D eigenvalue weighted by Gasteiger charge is 2.13. The Balaban J connectivity index is 1.67. The molecule has 0 atom stereocenters. The lowest BCUT2D eigenvalue weighted by Gasteiger charge is -2.09. The summed E-state index contributed by atoms with van der Waals surface area (Å²) in [7, 11) is -3.66. The van der Waals surface area contributed by atoms with Crippen molar-refractivity contribution in [1.29, 1.82) is 0 Å². The zero-order valence-corrected chi connectivity index (χ0v) is 16.8. The second-order valence-corrected chi connectivity index (χ2v) is 8.05. The maximum atomic E-state index is 12.5. The van der Waals surface area contributed by atoms with Crippen molar-refractivity contribution in [2.45, 2.75) is 18.7 Å². The number of nitrogens with one attached hydrogen (secondary N) is 2. The molecule has 1 amide bonds. The van der Waals surface area contributed by atoms with E-state index in [0.717, 1.165) is 11.1 Å². The van der Waals surface area contributed by atoms with Crippen LogP contribution < -0.4 is 10.1 Å². The lowest BCUT2D eigenvalue weighted by molar-refractivity contribution is 0.0954. The molecular formula is C21H20N4O3S. The molecule has 3 rings (SSSR count). The summed E-state index contributed by atoms with van der Waals surface area (Å²) in [5.41, 5.74) is 5.69. The standard InChI is InChI=1S/C21H20N4O3S/c1-15-3-9-20(10-4-15)29(27,28)25-19-7-5-17(6-8-19)16(2)23-24-21(26)18-11-13-22-14-12-18/h3-14,25H,1-2H3,(H,24,26)/b23-16+. The van der Waals surface area contributed by atoms with Gasteiger partial charge in [-0.1, -0.05) is 29.8 Å². The van der Waals surface area contributed by atoms with Gasteiger partial charge in [0, 0.05) is 23.6 Å². The van der Waals surface area contributed by atoms with E-state index in [9.17, 15) is 13.2 Å². The topological polar surface area (TPSA) is 101 Å². The lowest BCUT2D eigenvalue weighted by Crippen LogP contribution is -2.19. The molecule has 1 aromatic heterocycles. The fourth-order valence-corrected chi connectivity index (χ4v) is 3.54. The third kappa shape index (κ3) is 5.26. The highest BCUT2D eigenvalue weighted by atomic mass is 32.2. The molecule has 0 aliphatic carbocycles. The number of amides is 1. The Morgan fingerprint density at radius 2 is 1.52 bits per heavy atom. The molecule has 0 aliphatic heterocycles. The van der Waals surface area contributed by atoms with Gasteiger partial charge >= 0.3 is 0 Å². The van der Waals surface area contributed by atoms with Crippen LogP contribution in [-0.4, -0.2) is 25.0 Å². The summed E-state index contributed by atoms with van der Waals surface area (Å²) in [5.74, 6) is -0.339. The number of aromatic nitrogens is 1. The van der Waals surface area contributed by atoms with Crippen LogP contribution in [0.4, 0.5) is 5.69 Å². The van der Waals surface area contributed by atoms with Crippen LogP contribution in [0.3, 0.4) is 0 Å². The molecule has 0 saturated carbocycles. The Hall–Kier alpha value is -3.52. The van der Waals surface area contributed by atoms with Crippen molar-refractivity contribution in [3.8, 4) is 0 Å². The Bertz CT molecular complexity index is 1120. The third-order valence-corrected chi connectivity index (χ3v) is 5.55. The summed E-state index contributed by atoms with van der Waals surface area (Å²) in [6, 6.07) is 16.5. The number of benzene rings is 2. The second kappa shape index (κ2) is 8.66. The molecular weight excluding hydrogens is 388 g/mol. The molecule has 7 nitrogen and oxygen atoms in total. The van der Waals surface area contributed by atoms with Gasteiger partial charge in [-0.15, -0.1) is 0 Å². The number of pyridine rings is 1. The van der Waals surface area contributed by atoms with E-state index >= 15 is 0 Å². The first-order chi connectivity index (χ1) is 13.8. The number of carbonyl (C=O) groups excluding carboxylic acids is 1. The molecule has 2 aromatic carbocycles. The number of anilines is 1. The van der Waals surface area contributed by atoms with Gasteiger partial charge in [-0.05, 0) is 55.8 Å². The number of hydrogen-bond acceptors (Lipinski definition) is 5. The zero-order chi connectivity index (χ0) is 20.9. The van der Waals surface area contributed by atoms with E-state index < -0.39 is 10.0 Å². The summed E-state index contributed by atoms with van der Waals surface area (Å²) in [6.45, 7) is 3.64. The van der Waals surface area contributed by atoms with Crippen molar-refractivity contribution in [2.75, 3.05) is 4.72 Å². The minimum absolute atomic E-state index is 0.198. The molecule has 0 fully saturated rings. The van der Waals surface area contributed by atoms with Gasteiger partial charge in [0.2, 0.25) is 0 Å². The molecule has 0 spiro atoms. The smallest absolute Gasteiger partial charge is 0.271 e.